The molecular formula is C18H25N3O3. The van der Waals surface area contributed by atoms with Crippen LogP contribution in [-0.4, -0.2) is 49.6 Å². The van der Waals surface area contributed by atoms with Gasteiger partial charge in [0.1, 0.15) is 0 Å². The first-order valence-electron chi connectivity index (χ1n) is 8.67. The van der Waals surface area contributed by atoms with Crippen molar-refractivity contribution in [2.75, 3.05) is 38.2 Å². The van der Waals surface area contributed by atoms with Crippen LogP contribution in [0.5, 0.6) is 0 Å². The number of benzene rings is 1. The van der Waals surface area contributed by atoms with Crippen molar-refractivity contribution >= 4 is 17.5 Å². The van der Waals surface area contributed by atoms with Gasteiger partial charge in [-0.05, 0) is 49.6 Å². The first kappa shape index (κ1) is 16.9. The molecule has 1 saturated carbocycles. The fourth-order valence-electron chi connectivity index (χ4n) is 3.54. The van der Waals surface area contributed by atoms with Gasteiger partial charge in [0.2, 0.25) is 5.91 Å². The van der Waals surface area contributed by atoms with Crippen molar-refractivity contribution in [2.24, 2.45) is 17.6 Å². The molecule has 0 aromatic heterocycles. The molecule has 1 aromatic rings. The van der Waals surface area contributed by atoms with E-state index in [0.717, 1.165) is 24.9 Å². The number of carbonyl (C=O) groups excluding carboxylic acids is 2. The van der Waals surface area contributed by atoms with Gasteiger partial charge in [-0.3, -0.25) is 9.59 Å². The van der Waals surface area contributed by atoms with Crippen molar-refractivity contribution in [1.29, 1.82) is 0 Å². The van der Waals surface area contributed by atoms with Crippen molar-refractivity contribution in [3.05, 3.63) is 29.8 Å². The lowest BCUT2D eigenvalue weighted by molar-refractivity contribution is -0.120. The topological polar surface area (TPSA) is 84.7 Å². The van der Waals surface area contributed by atoms with E-state index >= 15 is 0 Å². The van der Waals surface area contributed by atoms with Crippen molar-refractivity contribution in [1.82, 2.24) is 4.90 Å². The number of hydrogen-bond acceptors (Lipinski definition) is 4. The van der Waals surface area contributed by atoms with Crippen molar-refractivity contribution < 1.29 is 14.3 Å². The molecule has 0 radical (unpaired) electrons. The zero-order chi connectivity index (χ0) is 16.9. The van der Waals surface area contributed by atoms with Gasteiger partial charge in [0.05, 0.1) is 13.2 Å². The first-order chi connectivity index (χ1) is 11.7. The molecule has 0 spiro atoms. The van der Waals surface area contributed by atoms with E-state index in [1.54, 1.807) is 29.2 Å². The van der Waals surface area contributed by atoms with Crippen molar-refractivity contribution in [3.8, 4) is 0 Å². The number of carbonyl (C=O) groups is 2. The maximum Gasteiger partial charge on any atom is 0.254 e. The molecule has 3 rings (SSSR count). The van der Waals surface area contributed by atoms with Crippen LogP contribution in [-0.2, 0) is 9.53 Å². The van der Waals surface area contributed by atoms with Crippen LogP contribution in [0, 0.1) is 11.8 Å². The van der Waals surface area contributed by atoms with Crippen LogP contribution in [0.2, 0.25) is 0 Å². The summed E-state index contributed by atoms with van der Waals surface area (Å²) in [6.07, 6.45) is 3.00. The van der Waals surface area contributed by atoms with E-state index in [9.17, 15) is 9.59 Å². The van der Waals surface area contributed by atoms with E-state index in [-0.39, 0.29) is 23.7 Å². The number of nitrogens with zero attached hydrogens (tertiary/aromatic N) is 1. The summed E-state index contributed by atoms with van der Waals surface area (Å²) < 4.78 is 5.26. The Balaban J connectivity index is 1.60. The molecule has 6 heteroatoms. The molecule has 2 atom stereocenters. The predicted octanol–water partition coefficient (Wildman–Crippen LogP) is 1.47. The molecule has 1 saturated heterocycles. The molecule has 2 aliphatic rings. The number of ether oxygens (including phenoxy) is 1. The van der Waals surface area contributed by atoms with Crippen LogP contribution in [0.3, 0.4) is 0 Å². The minimum atomic E-state index is 0.00431. The Morgan fingerprint density at radius 3 is 2.54 bits per heavy atom. The minimum absolute atomic E-state index is 0.00431. The number of rotatable bonds is 4. The Kier molecular flexibility index (Phi) is 5.48. The van der Waals surface area contributed by atoms with Crippen molar-refractivity contribution in [3.63, 3.8) is 0 Å². The van der Waals surface area contributed by atoms with E-state index in [4.69, 9.17) is 10.5 Å². The fourth-order valence-corrected chi connectivity index (χ4v) is 3.54. The van der Waals surface area contributed by atoms with Gasteiger partial charge in [0, 0.05) is 30.3 Å². The SMILES string of the molecule is NC[C@H]1CCC[C@H]1C(=O)Nc1ccc(C(=O)N2CCOCC2)cc1. The Morgan fingerprint density at radius 2 is 1.88 bits per heavy atom. The first-order valence-corrected chi connectivity index (χ1v) is 8.67. The second-order valence-corrected chi connectivity index (χ2v) is 6.50. The van der Waals surface area contributed by atoms with Gasteiger partial charge in [-0.1, -0.05) is 6.42 Å². The molecule has 2 amide bonds. The monoisotopic (exact) mass is 331 g/mol. The Labute approximate surface area is 142 Å². The molecule has 130 valence electrons. The highest BCUT2D eigenvalue weighted by atomic mass is 16.5. The summed E-state index contributed by atoms with van der Waals surface area (Å²) in [6.45, 7) is 2.98. The lowest BCUT2D eigenvalue weighted by Gasteiger charge is -2.26. The zero-order valence-electron chi connectivity index (χ0n) is 13.9. The Bertz CT molecular complexity index is 582. The summed E-state index contributed by atoms with van der Waals surface area (Å²) in [6, 6.07) is 7.11. The zero-order valence-corrected chi connectivity index (χ0v) is 13.9. The van der Waals surface area contributed by atoms with Gasteiger partial charge in [0.25, 0.3) is 5.91 Å². The minimum Gasteiger partial charge on any atom is -0.378 e. The second-order valence-electron chi connectivity index (χ2n) is 6.50. The van der Waals surface area contributed by atoms with Gasteiger partial charge >= 0.3 is 0 Å². The summed E-state index contributed by atoms with van der Waals surface area (Å²) in [7, 11) is 0. The van der Waals surface area contributed by atoms with Gasteiger partial charge in [-0.25, -0.2) is 0 Å². The standard InChI is InChI=1S/C18H25N3O3/c19-12-14-2-1-3-16(14)17(22)20-15-6-4-13(5-7-15)18(23)21-8-10-24-11-9-21/h4-7,14,16H,1-3,8-12,19H2,(H,20,22)/t14-,16-/m1/s1. The number of amides is 2. The molecule has 1 aliphatic heterocycles. The molecular weight excluding hydrogens is 306 g/mol. The summed E-state index contributed by atoms with van der Waals surface area (Å²) >= 11 is 0. The summed E-state index contributed by atoms with van der Waals surface area (Å²) in [5.74, 6) is 0.335. The molecule has 24 heavy (non-hydrogen) atoms. The average molecular weight is 331 g/mol. The quantitative estimate of drug-likeness (QED) is 0.875. The van der Waals surface area contributed by atoms with Crippen LogP contribution < -0.4 is 11.1 Å². The smallest absolute Gasteiger partial charge is 0.254 e. The summed E-state index contributed by atoms with van der Waals surface area (Å²) in [5.41, 5.74) is 7.11. The van der Waals surface area contributed by atoms with Crippen LogP contribution in [0.25, 0.3) is 0 Å². The van der Waals surface area contributed by atoms with Crippen LogP contribution in [0.15, 0.2) is 24.3 Å². The van der Waals surface area contributed by atoms with E-state index in [2.05, 4.69) is 5.32 Å². The van der Waals surface area contributed by atoms with Crippen LogP contribution >= 0.6 is 0 Å². The van der Waals surface area contributed by atoms with Crippen molar-refractivity contribution in [2.45, 2.75) is 19.3 Å². The third-order valence-electron chi connectivity index (χ3n) is 5.00. The second kappa shape index (κ2) is 7.77. The predicted molar refractivity (Wildman–Crippen MR) is 91.7 cm³/mol. The number of hydrogen-bond donors (Lipinski definition) is 2. The molecule has 1 aromatic carbocycles. The Hall–Kier alpha value is -1.92. The number of anilines is 1. The molecule has 0 bridgehead atoms. The van der Waals surface area contributed by atoms with E-state index < -0.39 is 0 Å². The third-order valence-corrected chi connectivity index (χ3v) is 5.00. The number of nitrogens with two attached hydrogens (primary N) is 1. The Morgan fingerprint density at radius 1 is 1.17 bits per heavy atom. The molecule has 0 unspecified atom stereocenters. The highest BCUT2D eigenvalue weighted by molar-refractivity contribution is 5.96. The highest BCUT2D eigenvalue weighted by Crippen LogP contribution is 2.31. The highest BCUT2D eigenvalue weighted by Gasteiger charge is 2.31. The number of morpholine rings is 1. The maximum absolute atomic E-state index is 12.4. The van der Waals surface area contributed by atoms with E-state index in [1.807, 2.05) is 0 Å². The maximum atomic E-state index is 12.4. The largest absolute Gasteiger partial charge is 0.378 e. The lowest BCUT2D eigenvalue weighted by atomic mass is 9.95. The number of nitrogens with one attached hydrogen (secondary N) is 1. The van der Waals surface area contributed by atoms with E-state index in [0.29, 0.717) is 38.4 Å². The lowest BCUT2D eigenvalue weighted by Crippen LogP contribution is -2.40. The fraction of sp³-hybridized carbons (Fsp3) is 0.556. The molecule has 6 nitrogen and oxygen atoms in total. The molecule has 1 heterocycles. The third kappa shape index (κ3) is 3.76. The normalized spacial score (nSPS) is 24.0. The summed E-state index contributed by atoms with van der Waals surface area (Å²) in [5, 5.41) is 2.95. The summed E-state index contributed by atoms with van der Waals surface area (Å²) in [4.78, 5) is 26.6. The molecule has 2 fully saturated rings. The van der Waals surface area contributed by atoms with Gasteiger partial charge in [0.15, 0.2) is 0 Å². The van der Waals surface area contributed by atoms with Gasteiger partial charge in [-0.15, -0.1) is 0 Å². The van der Waals surface area contributed by atoms with Gasteiger partial charge < -0.3 is 20.7 Å². The molecule has 1 aliphatic carbocycles. The average Bonchev–Trinajstić information content (AvgIpc) is 3.11. The van der Waals surface area contributed by atoms with Crippen LogP contribution in [0.1, 0.15) is 29.6 Å². The molecule has 3 N–H and O–H groups in total. The van der Waals surface area contributed by atoms with Crippen LogP contribution in [0.4, 0.5) is 5.69 Å². The van der Waals surface area contributed by atoms with Gasteiger partial charge in [-0.2, -0.15) is 0 Å². The van der Waals surface area contributed by atoms with E-state index in [1.165, 1.54) is 0 Å².